The molecule has 0 atom stereocenters. The second-order valence-corrected chi connectivity index (χ2v) is 6.59. The normalized spacial score (nSPS) is 19.9. The second kappa shape index (κ2) is 9.27. The molecule has 0 bridgehead atoms. The lowest BCUT2D eigenvalue weighted by Crippen LogP contribution is -2.38. The maximum absolute atomic E-state index is 12.3. The molecule has 0 unspecified atom stereocenters. The zero-order chi connectivity index (χ0) is 18.2. The SMILES string of the molecule is CC(=O)Nc1ccc(C(=O)NC2CCC(CC(=O)CCN)CC2)nc1. The van der Waals surface area contributed by atoms with Gasteiger partial charge in [0.25, 0.3) is 5.91 Å². The summed E-state index contributed by atoms with van der Waals surface area (Å²) in [6.45, 7) is 1.83. The number of hydrogen-bond donors (Lipinski definition) is 3. The Kier molecular flexibility index (Phi) is 7.06. The molecule has 2 amide bonds. The quantitative estimate of drug-likeness (QED) is 0.694. The number of Topliss-reactive ketones (excluding diaryl/α,β-unsaturated/α-hetero) is 1. The zero-order valence-corrected chi connectivity index (χ0v) is 14.6. The largest absolute Gasteiger partial charge is 0.348 e. The zero-order valence-electron chi connectivity index (χ0n) is 14.6. The lowest BCUT2D eigenvalue weighted by atomic mass is 9.83. The van der Waals surface area contributed by atoms with Gasteiger partial charge in [-0.05, 0) is 50.3 Å². The first-order valence-electron chi connectivity index (χ1n) is 8.74. The van der Waals surface area contributed by atoms with Crippen molar-refractivity contribution in [2.24, 2.45) is 11.7 Å². The highest BCUT2D eigenvalue weighted by molar-refractivity contribution is 5.93. The molecule has 0 radical (unpaired) electrons. The van der Waals surface area contributed by atoms with Gasteiger partial charge >= 0.3 is 0 Å². The number of ketones is 1. The minimum Gasteiger partial charge on any atom is -0.348 e. The van der Waals surface area contributed by atoms with Gasteiger partial charge in [-0.2, -0.15) is 0 Å². The first-order valence-corrected chi connectivity index (χ1v) is 8.74. The summed E-state index contributed by atoms with van der Waals surface area (Å²) in [6.07, 6.45) is 6.15. The monoisotopic (exact) mass is 346 g/mol. The van der Waals surface area contributed by atoms with Gasteiger partial charge in [-0.15, -0.1) is 0 Å². The summed E-state index contributed by atoms with van der Waals surface area (Å²) in [5.41, 5.74) is 6.29. The number of nitrogens with two attached hydrogens (primary N) is 1. The summed E-state index contributed by atoms with van der Waals surface area (Å²) in [5, 5.41) is 5.61. The maximum Gasteiger partial charge on any atom is 0.270 e. The molecule has 25 heavy (non-hydrogen) atoms. The molecule has 0 aliphatic heterocycles. The maximum atomic E-state index is 12.3. The van der Waals surface area contributed by atoms with Crippen molar-refractivity contribution in [3.05, 3.63) is 24.0 Å². The number of rotatable bonds is 7. The molecular formula is C18H26N4O3. The summed E-state index contributed by atoms with van der Waals surface area (Å²) >= 11 is 0. The molecule has 1 aromatic heterocycles. The van der Waals surface area contributed by atoms with Crippen molar-refractivity contribution in [2.45, 2.75) is 51.5 Å². The van der Waals surface area contributed by atoms with Crippen LogP contribution in [0, 0.1) is 5.92 Å². The molecule has 0 saturated heterocycles. The van der Waals surface area contributed by atoms with E-state index in [4.69, 9.17) is 5.73 Å². The highest BCUT2D eigenvalue weighted by atomic mass is 16.2. The second-order valence-electron chi connectivity index (χ2n) is 6.59. The van der Waals surface area contributed by atoms with Crippen LogP contribution in [-0.2, 0) is 9.59 Å². The molecule has 7 heteroatoms. The van der Waals surface area contributed by atoms with Gasteiger partial charge in [-0.3, -0.25) is 14.4 Å². The number of hydrogen-bond acceptors (Lipinski definition) is 5. The van der Waals surface area contributed by atoms with E-state index in [-0.39, 0.29) is 23.6 Å². The van der Waals surface area contributed by atoms with E-state index >= 15 is 0 Å². The Hall–Kier alpha value is -2.28. The van der Waals surface area contributed by atoms with Gasteiger partial charge in [0, 0.05) is 25.8 Å². The van der Waals surface area contributed by atoms with Gasteiger partial charge in [-0.25, -0.2) is 4.98 Å². The predicted molar refractivity (Wildman–Crippen MR) is 95.0 cm³/mol. The number of pyridine rings is 1. The lowest BCUT2D eigenvalue weighted by Gasteiger charge is -2.28. The van der Waals surface area contributed by atoms with Crippen LogP contribution in [0.1, 0.15) is 55.9 Å². The number of anilines is 1. The van der Waals surface area contributed by atoms with Crippen LogP contribution in [0.2, 0.25) is 0 Å². The van der Waals surface area contributed by atoms with E-state index in [2.05, 4.69) is 15.6 Å². The van der Waals surface area contributed by atoms with E-state index in [1.165, 1.54) is 13.1 Å². The van der Waals surface area contributed by atoms with Gasteiger partial charge in [-0.1, -0.05) is 0 Å². The van der Waals surface area contributed by atoms with Crippen LogP contribution in [0.5, 0.6) is 0 Å². The Labute approximate surface area is 147 Å². The van der Waals surface area contributed by atoms with E-state index in [0.717, 1.165) is 25.7 Å². The predicted octanol–water partition coefficient (Wildman–Crippen LogP) is 1.64. The van der Waals surface area contributed by atoms with Crippen molar-refractivity contribution in [1.82, 2.24) is 10.3 Å². The molecule has 1 aromatic rings. The van der Waals surface area contributed by atoms with E-state index < -0.39 is 0 Å². The Morgan fingerprint density at radius 2 is 1.92 bits per heavy atom. The Balaban J connectivity index is 1.78. The van der Waals surface area contributed by atoms with Crippen LogP contribution < -0.4 is 16.4 Å². The third-order valence-electron chi connectivity index (χ3n) is 4.44. The van der Waals surface area contributed by atoms with Gasteiger partial charge in [0.1, 0.15) is 11.5 Å². The van der Waals surface area contributed by atoms with Gasteiger partial charge < -0.3 is 16.4 Å². The van der Waals surface area contributed by atoms with E-state index in [1.807, 2.05) is 0 Å². The fraction of sp³-hybridized carbons (Fsp3) is 0.556. The van der Waals surface area contributed by atoms with Crippen LogP contribution in [0.3, 0.4) is 0 Å². The Morgan fingerprint density at radius 1 is 1.20 bits per heavy atom. The van der Waals surface area contributed by atoms with E-state index in [0.29, 0.717) is 36.7 Å². The number of amides is 2. The van der Waals surface area contributed by atoms with Crippen LogP contribution in [-0.4, -0.2) is 35.2 Å². The molecule has 7 nitrogen and oxygen atoms in total. The number of nitrogens with one attached hydrogen (secondary N) is 2. The molecule has 1 aliphatic carbocycles. The summed E-state index contributed by atoms with van der Waals surface area (Å²) in [7, 11) is 0. The average Bonchev–Trinajstić information content (AvgIpc) is 2.57. The van der Waals surface area contributed by atoms with Gasteiger partial charge in [0.05, 0.1) is 11.9 Å². The number of aromatic nitrogens is 1. The first-order chi connectivity index (χ1) is 12.0. The van der Waals surface area contributed by atoms with E-state index in [9.17, 15) is 14.4 Å². The lowest BCUT2D eigenvalue weighted by molar-refractivity contribution is -0.120. The Morgan fingerprint density at radius 3 is 2.48 bits per heavy atom. The molecule has 2 rings (SSSR count). The Bertz CT molecular complexity index is 607. The summed E-state index contributed by atoms with van der Waals surface area (Å²) in [4.78, 5) is 39.0. The minimum atomic E-state index is -0.211. The number of carbonyl (C=O) groups is 3. The molecule has 136 valence electrons. The molecule has 4 N–H and O–H groups in total. The third-order valence-corrected chi connectivity index (χ3v) is 4.44. The van der Waals surface area contributed by atoms with Crippen molar-refractivity contribution in [3.8, 4) is 0 Å². The van der Waals surface area contributed by atoms with Crippen LogP contribution in [0.4, 0.5) is 5.69 Å². The summed E-state index contributed by atoms with van der Waals surface area (Å²) in [5.74, 6) is 0.249. The molecule has 1 heterocycles. The van der Waals surface area contributed by atoms with Crippen LogP contribution in [0.15, 0.2) is 18.3 Å². The highest BCUT2D eigenvalue weighted by Gasteiger charge is 2.24. The minimum absolute atomic E-state index is 0.116. The van der Waals surface area contributed by atoms with Crippen molar-refractivity contribution in [3.63, 3.8) is 0 Å². The van der Waals surface area contributed by atoms with Crippen molar-refractivity contribution >= 4 is 23.3 Å². The number of carbonyl (C=O) groups excluding carboxylic acids is 3. The smallest absolute Gasteiger partial charge is 0.270 e. The van der Waals surface area contributed by atoms with Gasteiger partial charge in [0.2, 0.25) is 5.91 Å². The fourth-order valence-electron chi connectivity index (χ4n) is 3.16. The molecule has 1 fully saturated rings. The standard InChI is InChI=1S/C18H26N4O3/c1-12(23)21-15-6-7-17(20-11-15)18(25)22-14-4-2-13(3-5-14)10-16(24)8-9-19/h6-7,11,13-14H,2-5,8-10,19H2,1H3,(H,21,23)(H,22,25). The van der Waals surface area contributed by atoms with Crippen LogP contribution in [0.25, 0.3) is 0 Å². The van der Waals surface area contributed by atoms with Crippen molar-refractivity contribution < 1.29 is 14.4 Å². The number of nitrogens with zero attached hydrogens (tertiary/aromatic N) is 1. The topological polar surface area (TPSA) is 114 Å². The third kappa shape index (κ3) is 6.26. The van der Waals surface area contributed by atoms with Crippen molar-refractivity contribution in [1.29, 1.82) is 0 Å². The highest BCUT2D eigenvalue weighted by Crippen LogP contribution is 2.27. The molecule has 1 aliphatic rings. The van der Waals surface area contributed by atoms with Gasteiger partial charge in [0.15, 0.2) is 0 Å². The van der Waals surface area contributed by atoms with Crippen LogP contribution >= 0.6 is 0 Å². The molecule has 0 spiro atoms. The first kappa shape index (κ1) is 19.1. The molecule has 0 aromatic carbocycles. The van der Waals surface area contributed by atoms with E-state index in [1.54, 1.807) is 12.1 Å². The summed E-state index contributed by atoms with van der Waals surface area (Å²) in [6, 6.07) is 3.37. The fourth-order valence-corrected chi connectivity index (χ4v) is 3.16. The molecular weight excluding hydrogens is 320 g/mol. The molecule has 1 saturated carbocycles. The van der Waals surface area contributed by atoms with Crippen molar-refractivity contribution in [2.75, 3.05) is 11.9 Å². The summed E-state index contributed by atoms with van der Waals surface area (Å²) < 4.78 is 0. The average molecular weight is 346 g/mol.